The molecule has 2 N–H and O–H groups in total. The van der Waals surface area contributed by atoms with Gasteiger partial charge in [0.25, 0.3) is 10.0 Å². The summed E-state index contributed by atoms with van der Waals surface area (Å²) in [5.74, 6) is 2.28. The molecule has 1 aromatic rings. The number of hydrogen-bond donors (Lipinski definition) is 1. The molecule has 112 valence electrons. The minimum Gasteiger partial charge on any atom is -0.375 e. The van der Waals surface area contributed by atoms with E-state index in [1.54, 1.807) is 6.33 Å². The number of hydrogen-bond acceptors (Lipinski definition) is 5. The maximum atomic E-state index is 11.3. The van der Waals surface area contributed by atoms with Gasteiger partial charge in [0, 0.05) is 18.8 Å². The molecule has 20 heavy (non-hydrogen) atoms. The van der Waals surface area contributed by atoms with E-state index in [2.05, 4.69) is 4.98 Å². The summed E-state index contributed by atoms with van der Waals surface area (Å²) in [6.07, 6.45) is 7.07. The van der Waals surface area contributed by atoms with Gasteiger partial charge in [0.2, 0.25) is 0 Å². The van der Waals surface area contributed by atoms with Crippen molar-refractivity contribution in [2.24, 2.45) is 5.14 Å². The van der Waals surface area contributed by atoms with E-state index >= 15 is 0 Å². The molecule has 0 aliphatic carbocycles. The van der Waals surface area contributed by atoms with Crippen LogP contribution in [-0.2, 0) is 14.8 Å². The molecular weight excluding hydrogens is 298 g/mol. The van der Waals surface area contributed by atoms with Crippen LogP contribution in [0.15, 0.2) is 17.6 Å². The first-order valence-electron chi connectivity index (χ1n) is 6.77. The quantitative estimate of drug-likeness (QED) is 0.884. The number of thioether (sulfide) groups is 1. The molecule has 1 spiro atoms. The zero-order valence-corrected chi connectivity index (χ0v) is 12.8. The second kappa shape index (κ2) is 5.32. The van der Waals surface area contributed by atoms with E-state index in [1.165, 1.54) is 6.20 Å². The summed E-state index contributed by atoms with van der Waals surface area (Å²) in [4.78, 5) is 3.90. The molecular formula is C12H19N3O3S2. The van der Waals surface area contributed by atoms with Crippen LogP contribution in [0.2, 0.25) is 0 Å². The molecule has 0 saturated carbocycles. The van der Waals surface area contributed by atoms with Gasteiger partial charge in [0.1, 0.15) is 0 Å². The standard InChI is InChI=1S/C12H19N3O3S2/c13-20(16,17)11-8-15(9-14-11)10-1-4-18-12(7-10)2-5-19-6-3-12/h8-10H,1-7H2,(H2,13,16,17). The van der Waals surface area contributed by atoms with Crippen molar-refractivity contribution in [1.82, 2.24) is 9.55 Å². The highest BCUT2D eigenvalue weighted by Gasteiger charge is 2.39. The zero-order chi connectivity index (χ0) is 14.2. The normalized spacial score (nSPS) is 26.8. The summed E-state index contributed by atoms with van der Waals surface area (Å²) < 4.78 is 30.5. The van der Waals surface area contributed by atoms with Crippen molar-refractivity contribution in [1.29, 1.82) is 0 Å². The minimum absolute atomic E-state index is 0.0276. The highest BCUT2D eigenvalue weighted by Crippen LogP contribution is 2.41. The van der Waals surface area contributed by atoms with Gasteiger partial charge in [0.15, 0.2) is 5.03 Å². The van der Waals surface area contributed by atoms with E-state index in [0.717, 1.165) is 43.8 Å². The maximum absolute atomic E-state index is 11.3. The smallest absolute Gasteiger partial charge is 0.257 e. The molecule has 8 heteroatoms. The molecule has 0 radical (unpaired) electrons. The molecule has 2 aliphatic rings. The van der Waals surface area contributed by atoms with Gasteiger partial charge >= 0.3 is 0 Å². The molecule has 2 saturated heterocycles. The van der Waals surface area contributed by atoms with E-state index in [-0.39, 0.29) is 16.7 Å². The topological polar surface area (TPSA) is 87.2 Å². The number of nitrogens with two attached hydrogens (primary N) is 1. The first-order chi connectivity index (χ1) is 9.49. The van der Waals surface area contributed by atoms with Crippen molar-refractivity contribution in [3.8, 4) is 0 Å². The molecule has 3 rings (SSSR count). The Labute approximate surface area is 123 Å². The number of aromatic nitrogens is 2. The lowest BCUT2D eigenvalue weighted by Crippen LogP contribution is -2.43. The summed E-state index contributed by atoms with van der Waals surface area (Å²) in [5, 5.41) is 5.05. The van der Waals surface area contributed by atoms with Gasteiger partial charge in [-0.15, -0.1) is 0 Å². The summed E-state index contributed by atoms with van der Waals surface area (Å²) in [5.41, 5.74) is -0.0276. The van der Waals surface area contributed by atoms with E-state index in [4.69, 9.17) is 9.88 Å². The van der Waals surface area contributed by atoms with Gasteiger partial charge in [-0.25, -0.2) is 18.5 Å². The van der Waals surface area contributed by atoms with Crippen molar-refractivity contribution < 1.29 is 13.2 Å². The van der Waals surface area contributed by atoms with Gasteiger partial charge < -0.3 is 9.30 Å². The molecule has 3 heterocycles. The fourth-order valence-corrected chi connectivity index (χ4v) is 4.71. The third-order valence-corrected chi connectivity index (χ3v) is 5.94. The van der Waals surface area contributed by atoms with Gasteiger partial charge in [-0.2, -0.15) is 11.8 Å². The Morgan fingerprint density at radius 2 is 2.20 bits per heavy atom. The SMILES string of the molecule is NS(=O)(=O)c1cn(C2CCOC3(CCSCC3)C2)cn1. The lowest BCUT2D eigenvalue weighted by atomic mass is 9.85. The number of nitrogens with zero attached hydrogens (tertiary/aromatic N) is 2. The van der Waals surface area contributed by atoms with E-state index in [9.17, 15) is 8.42 Å². The zero-order valence-electron chi connectivity index (χ0n) is 11.2. The largest absolute Gasteiger partial charge is 0.375 e. The Kier molecular flexibility index (Phi) is 3.83. The second-order valence-electron chi connectivity index (χ2n) is 5.49. The molecule has 1 aromatic heterocycles. The van der Waals surface area contributed by atoms with Crippen molar-refractivity contribution in [2.45, 2.75) is 42.4 Å². The molecule has 1 atom stereocenters. The van der Waals surface area contributed by atoms with E-state index < -0.39 is 10.0 Å². The maximum Gasteiger partial charge on any atom is 0.257 e. The lowest BCUT2D eigenvalue weighted by molar-refractivity contribution is -0.0988. The molecule has 0 bridgehead atoms. The van der Waals surface area contributed by atoms with Crippen LogP contribution >= 0.6 is 11.8 Å². The van der Waals surface area contributed by atoms with Crippen molar-refractivity contribution >= 4 is 21.8 Å². The van der Waals surface area contributed by atoms with Crippen LogP contribution in [0.4, 0.5) is 0 Å². The number of ether oxygens (including phenoxy) is 1. The third-order valence-electron chi connectivity index (χ3n) is 4.16. The highest BCUT2D eigenvalue weighted by atomic mass is 32.2. The lowest BCUT2D eigenvalue weighted by Gasteiger charge is -2.43. The Morgan fingerprint density at radius 1 is 1.45 bits per heavy atom. The Balaban J connectivity index is 1.78. The summed E-state index contributed by atoms with van der Waals surface area (Å²) >= 11 is 1.97. The van der Waals surface area contributed by atoms with Crippen LogP contribution in [0.3, 0.4) is 0 Å². The van der Waals surface area contributed by atoms with Crippen LogP contribution in [0.5, 0.6) is 0 Å². The molecule has 2 aliphatic heterocycles. The Morgan fingerprint density at radius 3 is 2.85 bits per heavy atom. The number of imidazole rings is 1. The molecule has 2 fully saturated rings. The average molecular weight is 317 g/mol. The second-order valence-corrected chi connectivity index (χ2v) is 8.23. The highest BCUT2D eigenvalue weighted by molar-refractivity contribution is 7.99. The monoisotopic (exact) mass is 317 g/mol. The first kappa shape index (κ1) is 14.4. The molecule has 0 aromatic carbocycles. The van der Waals surface area contributed by atoms with Gasteiger partial charge in [0.05, 0.1) is 11.9 Å². The number of rotatable bonds is 2. The van der Waals surface area contributed by atoms with Crippen LogP contribution < -0.4 is 5.14 Å². The molecule has 0 amide bonds. The molecule has 1 unspecified atom stereocenters. The Hall–Kier alpha value is -0.570. The average Bonchev–Trinajstić information content (AvgIpc) is 2.89. The first-order valence-corrected chi connectivity index (χ1v) is 9.47. The van der Waals surface area contributed by atoms with Crippen LogP contribution in [-0.4, -0.2) is 41.7 Å². The van der Waals surface area contributed by atoms with Crippen LogP contribution in [0.25, 0.3) is 0 Å². The number of sulfonamides is 1. The van der Waals surface area contributed by atoms with Crippen LogP contribution in [0, 0.1) is 0 Å². The summed E-state index contributed by atoms with van der Waals surface area (Å²) in [6.45, 7) is 0.720. The van der Waals surface area contributed by atoms with Crippen molar-refractivity contribution in [3.05, 3.63) is 12.5 Å². The number of primary sulfonamides is 1. The predicted octanol–water partition coefficient (Wildman–Crippen LogP) is 1.15. The van der Waals surface area contributed by atoms with Crippen LogP contribution in [0.1, 0.15) is 31.7 Å². The summed E-state index contributed by atoms with van der Waals surface area (Å²) in [7, 11) is -3.72. The predicted molar refractivity (Wildman–Crippen MR) is 77.1 cm³/mol. The Bertz CT molecular complexity index is 573. The molecule has 6 nitrogen and oxygen atoms in total. The van der Waals surface area contributed by atoms with E-state index in [1.807, 2.05) is 16.3 Å². The van der Waals surface area contributed by atoms with Gasteiger partial charge in [-0.05, 0) is 37.2 Å². The van der Waals surface area contributed by atoms with E-state index in [0.29, 0.717) is 0 Å². The summed E-state index contributed by atoms with van der Waals surface area (Å²) in [6, 6.07) is 0.245. The van der Waals surface area contributed by atoms with Crippen molar-refractivity contribution in [2.75, 3.05) is 18.1 Å². The third kappa shape index (κ3) is 2.88. The van der Waals surface area contributed by atoms with Gasteiger partial charge in [-0.1, -0.05) is 0 Å². The van der Waals surface area contributed by atoms with Gasteiger partial charge in [-0.3, -0.25) is 0 Å². The fourth-order valence-electron chi connectivity index (χ4n) is 3.01. The van der Waals surface area contributed by atoms with Crippen molar-refractivity contribution in [3.63, 3.8) is 0 Å². The fraction of sp³-hybridized carbons (Fsp3) is 0.750. The minimum atomic E-state index is -3.72.